The summed E-state index contributed by atoms with van der Waals surface area (Å²) < 4.78 is 32.9. The molecule has 3 aromatic rings. The quantitative estimate of drug-likeness (QED) is 0.553. The van der Waals surface area contributed by atoms with Gasteiger partial charge in [0, 0.05) is 22.1 Å². The van der Waals surface area contributed by atoms with Gasteiger partial charge in [-0.2, -0.15) is 0 Å². The Morgan fingerprint density at radius 3 is 2.26 bits per heavy atom. The van der Waals surface area contributed by atoms with Crippen molar-refractivity contribution in [3.8, 4) is 5.75 Å². The van der Waals surface area contributed by atoms with Gasteiger partial charge in [0.2, 0.25) is 5.95 Å². The summed E-state index contributed by atoms with van der Waals surface area (Å²) in [4.78, 5) is 20.3. The highest BCUT2D eigenvalue weighted by atomic mass is 35.5. The molecular weight excluding hydrogens is 440 g/mol. The van der Waals surface area contributed by atoms with Gasteiger partial charge in [0.05, 0.1) is 4.90 Å². The van der Waals surface area contributed by atoms with E-state index in [4.69, 9.17) is 16.3 Å². The van der Waals surface area contributed by atoms with E-state index in [0.717, 1.165) is 5.56 Å². The van der Waals surface area contributed by atoms with Crippen LogP contribution in [0.3, 0.4) is 0 Å². The minimum atomic E-state index is -3.87. The molecule has 1 aromatic heterocycles. The smallest absolute Gasteiger partial charge is 0.264 e. The van der Waals surface area contributed by atoms with Crippen molar-refractivity contribution in [2.75, 3.05) is 16.6 Å². The second-order valence-electron chi connectivity index (χ2n) is 6.85. The molecule has 0 radical (unpaired) electrons. The first-order chi connectivity index (χ1) is 14.6. The van der Waals surface area contributed by atoms with E-state index in [1.807, 2.05) is 6.92 Å². The van der Waals surface area contributed by atoms with Gasteiger partial charge >= 0.3 is 0 Å². The molecule has 8 nitrogen and oxygen atoms in total. The van der Waals surface area contributed by atoms with Crippen molar-refractivity contribution in [2.45, 2.75) is 25.7 Å². The number of amides is 1. The number of hydrogen-bond donors (Lipinski definition) is 2. The maximum absolute atomic E-state index is 12.6. The lowest BCUT2D eigenvalue weighted by atomic mass is 10.2. The highest BCUT2D eigenvalue weighted by molar-refractivity contribution is 7.92. The summed E-state index contributed by atoms with van der Waals surface area (Å²) in [5.74, 6) is 0.146. The summed E-state index contributed by atoms with van der Waals surface area (Å²) in [6, 6.07) is 12.6. The molecule has 31 heavy (non-hydrogen) atoms. The Hall–Kier alpha value is -3.17. The van der Waals surface area contributed by atoms with Gasteiger partial charge in [0.15, 0.2) is 6.61 Å². The molecule has 0 spiro atoms. The van der Waals surface area contributed by atoms with Crippen LogP contribution >= 0.6 is 11.6 Å². The number of rotatable bonds is 7. The Bertz CT molecular complexity index is 1190. The number of nitrogens with zero attached hydrogens (tertiary/aromatic N) is 2. The summed E-state index contributed by atoms with van der Waals surface area (Å²) in [5, 5.41) is 3.27. The topological polar surface area (TPSA) is 110 Å². The maximum atomic E-state index is 12.6. The summed E-state index contributed by atoms with van der Waals surface area (Å²) in [6.45, 7) is 5.14. The summed E-state index contributed by atoms with van der Waals surface area (Å²) in [5.41, 5.74) is 2.58. The lowest BCUT2D eigenvalue weighted by Crippen LogP contribution is -2.20. The van der Waals surface area contributed by atoms with Gasteiger partial charge in [-0.05, 0) is 74.9 Å². The van der Waals surface area contributed by atoms with E-state index in [9.17, 15) is 13.2 Å². The van der Waals surface area contributed by atoms with Gasteiger partial charge in [-0.1, -0.05) is 11.6 Å². The number of carbonyl (C=O) groups excluding carboxylic acids is 1. The molecule has 0 aliphatic carbocycles. The summed E-state index contributed by atoms with van der Waals surface area (Å²) >= 11 is 5.97. The Labute approximate surface area is 185 Å². The third kappa shape index (κ3) is 6.16. The van der Waals surface area contributed by atoms with E-state index < -0.39 is 10.0 Å². The molecule has 0 saturated heterocycles. The van der Waals surface area contributed by atoms with E-state index in [2.05, 4.69) is 20.0 Å². The van der Waals surface area contributed by atoms with Crippen molar-refractivity contribution in [3.05, 3.63) is 70.5 Å². The molecule has 1 heterocycles. The highest BCUT2D eigenvalue weighted by Crippen LogP contribution is 2.21. The van der Waals surface area contributed by atoms with Crippen molar-refractivity contribution in [2.24, 2.45) is 0 Å². The zero-order chi connectivity index (χ0) is 22.6. The Kier molecular flexibility index (Phi) is 6.77. The van der Waals surface area contributed by atoms with Gasteiger partial charge in [0.25, 0.3) is 15.9 Å². The average molecular weight is 461 g/mol. The predicted molar refractivity (Wildman–Crippen MR) is 119 cm³/mol. The fourth-order valence-corrected chi connectivity index (χ4v) is 3.78. The fourth-order valence-electron chi connectivity index (χ4n) is 2.72. The number of benzene rings is 2. The second kappa shape index (κ2) is 9.32. The van der Waals surface area contributed by atoms with Gasteiger partial charge in [0.1, 0.15) is 5.75 Å². The Morgan fingerprint density at radius 2 is 1.65 bits per heavy atom. The van der Waals surface area contributed by atoms with E-state index in [1.54, 1.807) is 38.1 Å². The molecule has 0 atom stereocenters. The van der Waals surface area contributed by atoms with Crippen LogP contribution < -0.4 is 14.8 Å². The minimum Gasteiger partial charge on any atom is -0.484 e. The number of sulfonamides is 1. The summed E-state index contributed by atoms with van der Waals surface area (Å²) in [6.07, 6.45) is 0. The monoisotopic (exact) mass is 460 g/mol. The van der Waals surface area contributed by atoms with Crippen LogP contribution in [0.2, 0.25) is 5.02 Å². The van der Waals surface area contributed by atoms with Gasteiger partial charge in [-0.25, -0.2) is 23.1 Å². The number of anilines is 2. The third-order valence-electron chi connectivity index (χ3n) is 4.16. The first-order valence-electron chi connectivity index (χ1n) is 9.26. The van der Waals surface area contributed by atoms with E-state index in [-0.39, 0.29) is 23.4 Å². The molecule has 1 amide bonds. The zero-order valence-corrected chi connectivity index (χ0v) is 18.7. The van der Waals surface area contributed by atoms with Gasteiger partial charge < -0.3 is 10.1 Å². The van der Waals surface area contributed by atoms with Crippen molar-refractivity contribution in [1.29, 1.82) is 0 Å². The number of ether oxygens (including phenoxy) is 1. The van der Waals surface area contributed by atoms with E-state index >= 15 is 0 Å². The van der Waals surface area contributed by atoms with Crippen LogP contribution in [-0.2, 0) is 14.8 Å². The molecule has 2 aromatic carbocycles. The number of aromatic nitrogens is 2. The first kappa shape index (κ1) is 22.5. The van der Waals surface area contributed by atoms with Gasteiger partial charge in [-0.15, -0.1) is 0 Å². The molecule has 162 valence electrons. The number of aryl methyl sites for hydroxylation is 3. The third-order valence-corrected chi connectivity index (χ3v) is 5.92. The van der Waals surface area contributed by atoms with Crippen LogP contribution in [0.4, 0.5) is 11.6 Å². The molecule has 3 rings (SSSR count). The van der Waals surface area contributed by atoms with E-state index in [0.29, 0.717) is 27.8 Å². The molecule has 0 fully saturated rings. The average Bonchev–Trinajstić information content (AvgIpc) is 2.68. The number of carbonyl (C=O) groups is 1. The van der Waals surface area contributed by atoms with Crippen LogP contribution in [0.1, 0.15) is 17.0 Å². The van der Waals surface area contributed by atoms with E-state index in [1.165, 1.54) is 24.3 Å². The van der Waals surface area contributed by atoms with Crippen LogP contribution in [0.25, 0.3) is 0 Å². The molecule has 0 aliphatic rings. The Morgan fingerprint density at radius 1 is 1.00 bits per heavy atom. The fraction of sp³-hybridized carbons (Fsp3) is 0.190. The largest absolute Gasteiger partial charge is 0.484 e. The molecule has 0 bridgehead atoms. The van der Waals surface area contributed by atoms with Crippen LogP contribution in [0.5, 0.6) is 5.75 Å². The lowest BCUT2D eigenvalue weighted by molar-refractivity contribution is -0.118. The molecular formula is C21H21ClN4O4S. The van der Waals surface area contributed by atoms with Crippen LogP contribution in [-0.4, -0.2) is 30.9 Å². The Balaban J connectivity index is 1.61. The second-order valence-corrected chi connectivity index (χ2v) is 8.94. The maximum Gasteiger partial charge on any atom is 0.264 e. The predicted octanol–water partition coefficient (Wildman–Crippen LogP) is 3.87. The van der Waals surface area contributed by atoms with Crippen molar-refractivity contribution in [1.82, 2.24) is 9.97 Å². The molecule has 0 aliphatic heterocycles. The standard InChI is InChI=1S/C21H21ClN4O4S/c1-13-10-17(6-9-19(13)22)30-12-20(27)25-16-4-7-18(8-5-16)31(28,29)26-21-23-14(2)11-15(3)24-21/h4-11H,12H2,1-3H3,(H,25,27)(H,23,24,26). The summed E-state index contributed by atoms with van der Waals surface area (Å²) in [7, 11) is -3.87. The lowest BCUT2D eigenvalue weighted by Gasteiger charge is -2.10. The SMILES string of the molecule is Cc1cc(C)nc(NS(=O)(=O)c2ccc(NC(=O)COc3ccc(Cl)c(C)c3)cc2)n1. The van der Waals surface area contributed by atoms with Gasteiger partial charge in [-0.3, -0.25) is 4.79 Å². The number of nitrogens with one attached hydrogen (secondary N) is 2. The first-order valence-corrected chi connectivity index (χ1v) is 11.1. The highest BCUT2D eigenvalue weighted by Gasteiger charge is 2.16. The molecule has 0 unspecified atom stereocenters. The molecule has 0 saturated carbocycles. The molecule has 2 N–H and O–H groups in total. The van der Waals surface area contributed by atoms with Crippen molar-refractivity contribution >= 4 is 39.2 Å². The van der Waals surface area contributed by atoms with Crippen molar-refractivity contribution in [3.63, 3.8) is 0 Å². The normalized spacial score (nSPS) is 11.1. The minimum absolute atomic E-state index is 0.00413. The van der Waals surface area contributed by atoms with Crippen molar-refractivity contribution < 1.29 is 17.9 Å². The van der Waals surface area contributed by atoms with Crippen LogP contribution in [0, 0.1) is 20.8 Å². The number of hydrogen-bond acceptors (Lipinski definition) is 6. The molecule has 10 heteroatoms. The zero-order valence-electron chi connectivity index (χ0n) is 17.1. The van der Waals surface area contributed by atoms with Crippen LogP contribution in [0.15, 0.2) is 53.4 Å². The number of halogens is 1.